The highest BCUT2D eigenvalue weighted by Crippen LogP contribution is 2.28. The molecule has 2 rings (SSSR count). The summed E-state index contributed by atoms with van der Waals surface area (Å²) in [4.78, 5) is 4.77. The van der Waals surface area contributed by atoms with Crippen molar-refractivity contribution >= 4 is 33.8 Å². The minimum Gasteiger partial charge on any atom is -0.391 e. The van der Waals surface area contributed by atoms with Gasteiger partial charge >= 0.3 is 0 Å². The van der Waals surface area contributed by atoms with Crippen molar-refractivity contribution < 1.29 is 5.11 Å². The van der Waals surface area contributed by atoms with Crippen LogP contribution in [0.25, 0.3) is 0 Å². The van der Waals surface area contributed by atoms with E-state index in [4.69, 9.17) is 16.7 Å². The first-order chi connectivity index (χ1) is 7.29. The van der Waals surface area contributed by atoms with E-state index in [2.05, 4.69) is 10.3 Å². The Morgan fingerprint density at radius 2 is 2.07 bits per heavy atom. The van der Waals surface area contributed by atoms with Crippen molar-refractivity contribution in [2.24, 2.45) is 0 Å². The fraction of sp³-hybridized carbons (Fsp3) is 0.100. The second-order valence-corrected chi connectivity index (χ2v) is 4.32. The monoisotopic (exact) mass is 240 g/mol. The highest BCUT2D eigenvalue weighted by molar-refractivity contribution is 7.16. The summed E-state index contributed by atoms with van der Waals surface area (Å²) < 4.78 is 0. The molecule has 1 aromatic heterocycles. The average Bonchev–Trinajstić information content (AvgIpc) is 2.60. The van der Waals surface area contributed by atoms with Gasteiger partial charge in [-0.2, -0.15) is 0 Å². The predicted octanol–water partition coefficient (Wildman–Crippen LogP) is 3.03. The van der Waals surface area contributed by atoms with Crippen LogP contribution in [0.15, 0.2) is 30.3 Å². The van der Waals surface area contributed by atoms with Gasteiger partial charge in [0.25, 0.3) is 0 Å². The van der Waals surface area contributed by atoms with Crippen molar-refractivity contribution in [3.05, 3.63) is 40.4 Å². The maximum atomic E-state index is 8.96. The molecule has 2 N–H and O–H groups in total. The van der Waals surface area contributed by atoms with E-state index >= 15 is 0 Å². The van der Waals surface area contributed by atoms with Gasteiger partial charge in [-0.25, -0.2) is 4.98 Å². The zero-order chi connectivity index (χ0) is 10.7. The molecule has 0 radical (unpaired) electrons. The largest absolute Gasteiger partial charge is 0.391 e. The molecule has 2 aromatic rings. The molecule has 78 valence electrons. The summed E-state index contributed by atoms with van der Waals surface area (Å²) in [5, 5.41) is 13.1. The van der Waals surface area contributed by atoms with Gasteiger partial charge in [0, 0.05) is 5.69 Å². The number of para-hydroxylation sites is 1. The third kappa shape index (κ3) is 2.47. The highest BCUT2D eigenvalue weighted by Gasteiger charge is 2.07. The van der Waals surface area contributed by atoms with Crippen LogP contribution in [0.3, 0.4) is 0 Å². The summed E-state index contributed by atoms with van der Waals surface area (Å²) in [6.07, 6.45) is 0. The molecule has 0 aliphatic carbocycles. The number of nitrogens with one attached hydrogen (secondary N) is 1. The van der Waals surface area contributed by atoms with E-state index in [-0.39, 0.29) is 6.61 Å². The number of hydrogen-bond acceptors (Lipinski definition) is 4. The molecule has 0 atom stereocenters. The number of halogens is 1. The van der Waals surface area contributed by atoms with Crippen molar-refractivity contribution in [2.75, 3.05) is 5.32 Å². The van der Waals surface area contributed by atoms with Crippen LogP contribution >= 0.6 is 22.9 Å². The van der Waals surface area contributed by atoms with Gasteiger partial charge in [0.05, 0.1) is 11.5 Å². The average molecular weight is 241 g/mol. The summed E-state index contributed by atoms with van der Waals surface area (Å²) >= 11 is 7.16. The van der Waals surface area contributed by atoms with E-state index in [0.717, 1.165) is 5.69 Å². The molecule has 0 amide bonds. The lowest BCUT2D eigenvalue weighted by Crippen LogP contribution is -1.87. The van der Waals surface area contributed by atoms with Crippen LogP contribution in [0.1, 0.15) is 4.88 Å². The number of aromatic nitrogens is 1. The number of aliphatic hydroxyl groups is 1. The predicted molar refractivity (Wildman–Crippen MR) is 62.8 cm³/mol. The second-order valence-electron chi connectivity index (χ2n) is 2.88. The number of thiazole rings is 1. The molecule has 0 aliphatic rings. The van der Waals surface area contributed by atoms with Crippen LogP contribution < -0.4 is 5.32 Å². The van der Waals surface area contributed by atoms with Crippen molar-refractivity contribution in [3.63, 3.8) is 0 Å². The van der Waals surface area contributed by atoms with Gasteiger partial charge < -0.3 is 10.4 Å². The van der Waals surface area contributed by atoms with Crippen LogP contribution in [-0.4, -0.2) is 10.1 Å². The zero-order valence-electron chi connectivity index (χ0n) is 7.77. The minimum atomic E-state index is -0.0764. The molecule has 0 fully saturated rings. The van der Waals surface area contributed by atoms with E-state index in [1.807, 2.05) is 30.3 Å². The summed E-state index contributed by atoms with van der Waals surface area (Å²) in [7, 11) is 0. The minimum absolute atomic E-state index is 0.0764. The van der Waals surface area contributed by atoms with E-state index < -0.39 is 0 Å². The Bertz CT molecular complexity index is 444. The lowest BCUT2D eigenvalue weighted by atomic mass is 10.3. The van der Waals surface area contributed by atoms with Gasteiger partial charge in [0.15, 0.2) is 5.13 Å². The Kier molecular flexibility index (Phi) is 3.20. The SMILES string of the molecule is OCc1sc(Nc2ccccc2)nc1Cl. The van der Waals surface area contributed by atoms with Crippen molar-refractivity contribution in [1.82, 2.24) is 4.98 Å². The number of benzene rings is 1. The molecule has 0 saturated carbocycles. The molecule has 0 spiro atoms. The zero-order valence-corrected chi connectivity index (χ0v) is 9.35. The van der Waals surface area contributed by atoms with Gasteiger partial charge in [-0.3, -0.25) is 0 Å². The van der Waals surface area contributed by atoms with Crippen molar-refractivity contribution in [1.29, 1.82) is 0 Å². The molecular formula is C10H9ClN2OS. The summed E-state index contributed by atoms with van der Waals surface area (Å²) in [5.41, 5.74) is 0.951. The Hall–Kier alpha value is -1.10. The molecule has 3 nitrogen and oxygen atoms in total. The van der Waals surface area contributed by atoms with Crippen LogP contribution in [0, 0.1) is 0 Å². The Morgan fingerprint density at radius 1 is 1.33 bits per heavy atom. The first-order valence-electron chi connectivity index (χ1n) is 4.37. The first kappa shape index (κ1) is 10.4. The van der Waals surface area contributed by atoms with Gasteiger partial charge in [-0.15, -0.1) is 0 Å². The smallest absolute Gasteiger partial charge is 0.188 e. The van der Waals surface area contributed by atoms with E-state index in [0.29, 0.717) is 15.2 Å². The molecular weight excluding hydrogens is 232 g/mol. The number of nitrogens with zero attached hydrogens (tertiary/aromatic N) is 1. The summed E-state index contributed by atoms with van der Waals surface area (Å²) in [5.74, 6) is 0. The third-order valence-corrected chi connectivity index (χ3v) is 3.20. The number of anilines is 2. The quantitative estimate of drug-likeness (QED) is 0.867. The molecule has 0 unspecified atom stereocenters. The fourth-order valence-electron chi connectivity index (χ4n) is 1.13. The maximum Gasteiger partial charge on any atom is 0.188 e. The van der Waals surface area contributed by atoms with E-state index in [9.17, 15) is 0 Å². The number of rotatable bonds is 3. The number of hydrogen-bond donors (Lipinski definition) is 2. The normalized spacial score (nSPS) is 10.3. The lowest BCUT2D eigenvalue weighted by molar-refractivity contribution is 0.285. The Labute approximate surface area is 96.4 Å². The van der Waals surface area contributed by atoms with Crippen molar-refractivity contribution in [3.8, 4) is 0 Å². The molecule has 0 aliphatic heterocycles. The molecule has 0 bridgehead atoms. The van der Waals surface area contributed by atoms with Gasteiger partial charge in [-0.1, -0.05) is 41.1 Å². The van der Waals surface area contributed by atoms with Crippen LogP contribution in [0.2, 0.25) is 5.15 Å². The first-order valence-corrected chi connectivity index (χ1v) is 5.57. The van der Waals surface area contributed by atoms with Crippen LogP contribution in [-0.2, 0) is 6.61 Å². The second kappa shape index (κ2) is 4.61. The highest BCUT2D eigenvalue weighted by atomic mass is 35.5. The van der Waals surface area contributed by atoms with Gasteiger partial charge in [-0.05, 0) is 12.1 Å². The number of aliphatic hydroxyl groups excluding tert-OH is 1. The van der Waals surface area contributed by atoms with Gasteiger partial charge in [0.1, 0.15) is 5.15 Å². The van der Waals surface area contributed by atoms with Gasteiger partial charge in [0.2, 0.25) is 0 Å². The van der Waals surface area contributed by atoms with Crippen LogP contribution in [0.4, 0.5) is 10.8 Å². The lowest BCUT2D eigenvalue weighted by Gasteiger charge is -1.99. The molecule has 0 saturated heterocycles. The Morgan fingerprint density at radius 3 is 2.67 bits per heavy atom. The topological polar surface area (TPSA) is 45.1 Å². The summed E-state index contributed by atoms with van der Waals surface area (Å²) in [6, 6.07) is 9.69. The van der Waals surface area contributed by atoms with E-state index in [1.54, 1.807) is 0 Å². The standard InChI is InChI=1S/C10H9ClN2OS/c11-9-8(6-14)15-10(13-9)12-7-4-2-1-3-5-7/h1-5,14H,6H2,(H,12,13). The molecule has 1 heterocycles. The third-order valence-electron chi connectivity index (χ3n) is 1.82. The van der Waals surface area contributed by atoms with Crippen LogP contribution in [0.5, 0.6) is 0 Å². The maximum absolute atomic E-state index is 8.96. The Balaban J connectivity index is 2.18. The fourth-order valence-corrected chi connectivity index (χ4v) is 2.17. The van der Waals surface area contributed by atoms with E-state index in [1.165, 1.54) is 11.3 Å². The molecule has 15 heavy (non-hydrogen) atoms. The summed E-state index contributed by atoms with van der Waals surface area (Å²) in [6.45, 7) is -0.0764. The molecule has 5 heteroatoms. The molecule has 1 aromatic carbocycles. The van der Waals surface area contributed by atoms with Crippen molar-refractivity contribution in [2.45, 2.75) is 6.61 Å².